The third-order valence-corrected chi connectivity index (χ3v) is 5.88. The van der Waals surface area contributed by atoms with Crippen LogP contribution < -0.4 is 13.6 Å². The summed E-state index contributed by atoms with van der Waals surface area (Å²) in [5, 5.41) is 8.33. The third-order valence-electron chi connectivity index (χ3n) is 4.57. The predicted molar refractivity (Wildman–Crippen MR) is 142 cm³/mol. The molecular formula is C28H35O8P. The molecule has 1 N–H and O–H groups in total. The molecule has 0 heterocycles. The van der Waals surface area contributed by atoms with Gasteiger partial charge in [0.25, 0.3) is 0 Å². The minimum atomic E-state index is -3.89. The van der Waals surface area contributed by atoms with E-state index in [4.69, 9.17) is 28.2 Å². The molecule has 0 atom stereocenters. The molecule has 3 aromatic carbocycles. The molecule has 0 unspecified atom stereocenters. The van der Waals surface area contributed by atoms with Crippen molar-refractivity contribution in [3.63, 3.8) is 0 Å². The van der Waals surface area contributed by atoms with Gasteiger partial charge >= 0.3 is 13.8 Å². The fourth-order valence-corrected chi connectivity index (χ4v) is 4.03. The zero-order chi connectivity index (χ0) is 26.6. The SMILES string of the molecule is CCCCOCCOCCCC(=O)O.O=P(Oc1ccccc1)(Oc1ccccc1)Oc1ccccc1. The second-order valence-corrected chi connectivity index (χ2v) is 9.18. The summed E-state index contributed by atoms with van der Waals surface area (Å²) in [6.45, 7) is 4.57. The van der Waals surface area contributed by atoms with E-state index in [1.165, 1.54) is 0 Å². The van der Waals surface area contributed by atoms with Gasteiger partial charge in [-0.3, -0.25) is 4.79 Å². The molecule has 0 spiro atoms. The number of ether oxygens (including phenoxy) is 2. The monoisotopic (exact) mass is 530 g/mol. The van der Waals surface area contributed by atoms with Crippen molar-refractivity contribution >= 4 is 13.8 Å². The van der Waals surface area contributed by atoms with Crippen LogP contribution in [0.1, 0.15) is 32.6 Å². The van der Waals surface area contributed by atoms with E-state index in [9.17, 15) is 9.36 Å². The van der Waals surface area contributed by atoms with Gasteiger partial charge < -0.3 is 28.2 Å². The highest BCUT2D eigenvalue weighted by Crippen LogP contribution is 2.49. The first-order valence-corrected chi connectivity index (χ1v) is 13.7. The second-order valence-electron chi connectivity index (χ2n) is 7.74. The number of hydrogen-bond donors (Lipinski definition) is 1. The minimum absolute atomic E-state index is 0.177. The lowest BCUT2D eigenvalue weighted by Crippen LogP contribution is -2.07. The lowest BCUT2D eigenvalue weighted by molar-refractivity contribution is -0.137. The predicted octanol–water partition coefficient (Wildman–Crippen LogP) is 7.02. The largest absolute Gasteiger partial charge is 0.647 e. The number of rotatable bonds is 16. The number of carboxylic acid groups (broad SMARTS) is 1. The molecule has 0 saturated carbocycles. The molecule has 0 radical (unpaired) electrons. The van der Waals surface area contributed by atoms with Crippen LogP contribution in [0.5, 0.6) is 17.2 Å². The molecule has 0 aliphatic carbocycles. The van der Waals surface area contributed by atoms with E-state index < -0.39 is 13.8 Å². The molecule has 0 saturated heterocycles. The Morgan fingerprint density at radius 1 is 0.649 bits per heavy atom. The fourth-order valence-electron chi connectivity index (χ4n) is 2.78. The Bertz CT molecular complexity index is 924. The lowest BCUT2D eigenvalue weighted by Gasteiger charge is -2.19. The summed E-state index contributed by atoms with van der Waals surface area (Å²) in [6, 6.07) is 26.4. The van der Waals surface area contributed by atoms with Crippen molar-refractivity contribution in [3.8, 4) is 17.2 Å². The highest BCUT2D eigenvalue weighted by atomic mass is 31.2. The first-order chi connectivity index (χ1) is 18.0. The molecule has 0 aliphatic heterocycles. The average Bonchev–Trinajstić information content (AvgIpc) is 2.89. The second kappa shape index (κ2) is 18.0. The number of hydrogen-bond acceptors (Lipinski definition) is 7. The van der Waals surface area contributed by atoms with Crippen molar-refractivity contribution in [2.45, 2.75) is 32.6 Å². The molecule has 9 heteroatoms. The first kappa shape index (κ1) is 29.9. The highest BCUT2D eigenvalue weighted by molar-refractivity contribution is 7.49. The van der Waals surface area contributed by atoms with E-state index in [1.54, 1.807) is 72.8 Å². The zero-order valence-electron chi connectivity index (χ0n) is 21.1. The van der Waals surface area contributed by atoms with Crippen molar-refractivity contribution in [1.29, 1.82) is 0 Å². The molecule has 3 rings (SSSR count). The van der Waals surface area contributed by atoms with Crippen molar-refractivity contribution in [2.24, 2.45) is 0 Å². The average molecular weight is 531 g/mol. The molecule has 0 bridgehead atoms. The Hall–Kier alpha value is -3.32. The van der Waals surface area contributed by atoms with Gasteiger partial charge in [0.05, 0.1) is 13.2 Å². The van der Waals surface area contributed by atoms with Gasteiger partial charge in [-0.15, -0.1) is 0 Å². The number of para-hydroxylation sites is 3. The number of carboxylic acids is 1. The van der Waals surface area contributed by atoms with E-state index in [0.29, 0.717) is 43.5 Å². The van der Waals surface area contributed by atoms with E-state index in [-0.39, 0.29) is 6.42 Å². The molecule has 200 valence electrons. The van der Waals surface area contributed by atoms with Gasteiger partial charge in [0.2, 0.25) is 0 Å². The molecule has 37 heavy (non-hydrogen) atoms. The summed E-state index contributed by atoms with van der Waals surface area (Å²) < 4.78 is 40.1. The topological polar surface area (TPSA) is 101 Å². The Kier molecular flexibility index (Phi) is 14.6. The maximum absolute atomic E-state index is 13.1. The maximum Gasteiger partial charge on any atom is 0.647 e. The minimum Gasteiger partial charge on any atom is -0.481 e. The normalized spacial score (nSPS) is 10.6. The van der Waals surface area contributed by atoms with Crippen molar-refractivity contribution < 1.29 is 37.5 Å². The summed E-state index contributed by atoms with van der Waals surface area (Å²) in [5.74, 6) is 0.445. The fraction of sp³-hybridized carbons (Fsp3) is 0.321. The highest BCUT2D eigenvalue weighted by Gasteiger charge is 2.33. The van der Waals surface area contributed by atoms with Crippen LogP contribution in [0.25, 0.3) is 0 Å². The number of phosphoric acid groups is 1. The van der Waals surface area contributed by atoms with Crippen LogP contribution in [0.2, 0.25) is 0 Å². The molecule has 3 aromatic rings. The van der Waals surface area contributed by atoms with Crippen molar-refractivity contribution in [1.82, 2.24) is 0 Å². The van der Waals surface area contributed by atoms with E-state index in [1.807, 2.05) is 18.2 Å². The van der Waals surface area contributed by atoms with Crippen LogP contribution in [0.15, 0.2) is 91.0 Å². The number of benzene rings is 3. The standard InChI is InChI=1S/C18H15O4P.C10H20O4/c19-23(20-16-10-4-1-5-11-16,21-17-12-6-2-7-13-17)22-18-14-8-3-9-15-18;1-2-3-6-13-8-9-14-7-4-5-10(11)12/h1-15H;2-9H2,1H3,(H,11,12). The zero-order valence-corrected chi connectivity index (χ0v) is 22.0. The summed E-state index contributed by atoms with van der Waals surface area (Å²) >= 11 is 0. The lowest BCUT2D eigenvalue weighted by atomic mass is 10.3. The van der Waals surface area contributed by atoms with Crippen molar-refractivity contribution in [3.05, 3.63) is 91.0 Å². The van der Waals surface area contributed by atoms with Gasteiger partial charge in [-0.05, 0) is 49.2 Å². The summed E-state index contributed by atoms with van der Waals surface area (Å²) in [4.78, 5) is 10.1. The van der Waals surface area contributed by atoms with E-state index >= 15 is 0 Å². The summed E-state index contributed by atoms with van der Waals surface area (Å²) in [7, 11) is -3.89. The van der Waals surface area contributed by atoms with Gasteiger partial charge in [0, 0.05) is 19.6 Å². The summed E-state index contributed by atoms with van der Waals surface area (Å²) in [6.07, 6.45) is 2.97. The van der Waals surface area contributed by atoms with Gasteiger partial charge in [0.1, 0.15) is 17.2 Å². The van der Waals surface area contributed by atoms with E-state index in [0.717, 1.165) is 19.4 Å². The Labute approximate surface area is 218 Å². The van der Waals surface area contributed by atoms with Gasteiger partial charge in [-0.2, -0.15) is 4.57 Å². The quantitative estimate of drug-likeness (QED) is 0.156. The number of unbranched alkanes of at least 4 members (excludes halogenated alkanes) is 1. The van der Waals surface area contributed by atoms with Crippen LogP contribution in [-0.4, -0.2) is 37.5 Å². The van der Waals surface area contributed by atoms with Gasteiger partial charge in [0.15, 0.2) is 0 Å². The summed E-state index contributed by atoms with van der Waals surface area (Å²) in [5.41, 5.74) is 0. The number of phosphoric ester groups is 1. The van der Waals surface area contributed by atoms with Crippen molar-refractivity contribution in [2.75, 3.05) is 26.4 Å². The smallest absolute Gasteiger partial charge is 0.481 e. The van der Waals surface area contributed by atoms with Gasteiger partial charge in [-0.25, -0.2) is 0 Å². The number of carbonyl (C=O) groups is 1. The number of aliphatic carboxylic acids is 1. The molecular weight excluding hydrogens is 495 g/mol. The van der Waals surface area contributed by atoms with Crippen LogP contribution in [0.4, 0.5) is 0 Å². The Morgan fingerprint density at radius 2 is 1.03 bits per heavy atom. The molecule has 0 amide bonds. The maximum atomic E-state index is 13.1. The van der Waals surface area contributed by atoms with Crippen LogP contribution >= 0.6 is 7.82 Å². The van der Waals surface area contributed by atoms with E-state index in [2.05, 4.69) is 6.92 Å². The molecule has 0 aliphatic rings. The first-order valence-electron chi connectivity index (χ1n) is 12.2. The molecule has 8 nitrogen and oxygen atoms in total. The third kappa shape index (κ3) is 14.1. The Balaban J connectivity index is 0.000000298. The van der Waals surface area contributed by atoms with Crippen LogP contribution in [0.3, 0.4) is 0 Å². The molecule has 0 aromatic heterocycles. The van der Waals surface area contributed by atoms with Gasteiger partial charge in [-0.1, -0.05) is 67.9 Å². The molecule has 0 fully saturated rings. The van der Waals surface area contributed by atoms with Crippen LogP contribution in [-0.2, 0) is 18.8 Å². The van der Waals surface area contributed by atoms with Crippen LogP contribution in [0, 0.1) is 0 Å². The Morgan fingerprint density at radius 3 is 1.38 bits per heavy atom.